The molecule has 0 bridgehead atoms. The molecular weight excluding hydrogens is 119 g/mol. The molecule has 0 aromatic heterocycles. The van der Waals surface area contributed by atoms with Crippen LogP contribution in [0.1, 0.15) is 46.0 Å². The minimum absolute atomic E-state index is 0. The second-order valence-corrected chi connectivity index (χ2v) is 2.26. The molecule has 0 aromatic carbocycles. The van der Waals surface area contributed by atoms with Gasteiger partial charge >= 0.3 is 29.6 Å². The minimum Gasteiger partial charge on any atom is -0.332 e. The maximum absolute atomic E-state index is 2.25. The summed E-state index contributed by atoms with van der Waals surface area (Å²) in [6.07, 6.45) is 9.12. The second-order valence-electron chi connectivity index (χ2n) is 2.26. The molecule has 0 heterocycles. The van der Waals surface area contributed by atoms with Crippen LogP contribution in [0.3, 0.4) is 0 Å². The van der Waals surface area contributed by atoms with Crippen LogP contribution < -0.4 is 29.6 Å². The van der Waals surface area contributed by atoms with Crippen LogP contribution in [0.4, 0.5) is 0 Å². The van der Waals surface area contributed by atoms with Gasteiger partial charge < -0.3 is 6.42 Å². The number of hydrogen-bond donors (Lipinski definition) is 0. The molecule has 0 rings (SSSR count). The molecular formula is C8H17Na. The zero-order chi connectivity index (χ0) is 6.24. The fourth-order valence-electron chi connectivity index (χ4n) is 0.775. The van der Waals surface area contributed by atoms with Crippen molar-refractivity contribution in [3.05, 3.63) is 6.42 Å². The first-order valence-electron chi connectivity index (χ1n) is 3.69. The summed E-state index contributed by atoms with van der Waals surface area (Å²) in [6, 6.07) is 0. The van der Waals surface area contributed by atoms with Gasteiger partial charge in [-0.2, -0.15) is 13.3 Å². The molecule has 9 heavy (non-hydrogen) atoms. The predicted molar refractivity (Wildman–Crippen MR) is 38.7 cm³/mol. The van der Waals surface area contributed by atoms with Gasteiger partial charge in [-0.1, -0.05) is 32.6 Å². The normalized spacial score (nSPS) is 8.67. The number of rotatable bonds is 5. The van der Waals surface area contributed by atoms with Crippen molar-refractivity contribution in [3.8, 4) is 0 Å². The molecule has 0 saturated heterocycles. The Kier molecular flexibility index (Phi) is 16.5. The Hall–Kier alpha value is 1.00. The topological polar surface area (TPSA) is 0 Å². The molecule has 50 valence electrons. The van der Waals surface area contributed by atoms with Crippen LogP contribution in [-0.4, -0.2) is 0 Å². The second kappa shape index (κ2) is 11.8. The standard InChI is InChI=1S/C8H17.Na/c1-3-5-7-8-6-4-2;/h3H,4-8H2,1-2H3;/q-1;+1. The van der Waals surface area contributed by atoms with E-state index in [-0.39, 0.29) is 29.6 Å². The van der Waals surface area contributed by atoms with Crippen LogP contribution >= 0.6 is 0 Å². The number of unbranched alkanes of at least 4 members (excludes halogenated alkanes) is 5. The summed E-state index contributed by atoms with van der Waals surface area (Å²) < 4.78 is 0. The van der Waals surface area contributed by atoms with Crippen LogP contribution in [-0.2, 0) is 0 Å². The van der Waals surface area contributed by atoms with Gasteiger partial charge in [0.1, 0.15) is 0 Å². The van der Waals surface area contributed by atoms with Gasteiger partial charge in [-0.3, -0.25) is 0 Å². The van der Waals surface area contributed by atoms with Crippen molar-refractivity contribution < 1.29 is 29.6 Å². The smallest absolute Gasteiger partial charge is 0.332 e. The van der Waals surface area contributed by atoms with E-state index in [0.717, 1.165) is 0 Å². The molecule has 0 aromatic rings. The average Bonchev–Trinajstić information content (AvgIpc) is 1.81. The largest absolute Gasteiger partial charge is 1.00 e. The summed E-state index contributed by atoms with van der Waals surface area (Å²) in [6.45, 7) is 4.38. The van der Waals surface area contributed by atoms with Gasteiger partial charge in [0, 0.05) is 0 Å². The Bertz CT molecular complexity index is 29.5. The Balaban J connectivity index is 0. The van der Waals surface area contributed by atoms with Gasteiger partial charge in [0.15, 0.2) is 0 Å². The summed E-state index contributed by atoms with van der Waals surface area (Å²) in [5.41, 5.74) is 0. The summed E-state index contributed by atoms with van der Waals surface area (Å²) in [4.78, 5) is 0. The Morgan fingerprint density at radius 2 is 1.78 bits per heavy atom. The van der Waals surface area contributed by atoms with Crippen molar-refractivity contribution in [1.29, 1.82) is 0 Å². The zero-order valence-electron chi connectivity index (χ0n) is 7.11. The van der Waals surface area contributed by atoms with E-state index in [1.165, 1.54) is 32.1 Å². The van der Waals surface area contributed by atoms with E-state index in [1.807, 2.05) is 0 Å². The first-order chi connectivity index (χ1) is 3.91. The Morgan fingerprint density at radius 3 is 2.22 bits per heavy atom. The molecule has 0 unspecified atom stereocenters. The molecule has 1 heteroatoms. The average molecular weight is 136 g/mol. The Morgan fingerprint density at radius 1 is 1.11 bits per heavy atom. The van der Waals surface area contributed by atoms with Gasteiger partial charge in [0.05, 0.1) is 0 Å². The first kappa shape index (κ1) is 12.7. The van der Waals surface area contributed by atoms with Crippen LogP contribution in [0.15, 0.2) is 0 Å². The molecule has 0 aliphatic rings. The van der Waals surface area contributed by atoms with Crippen molar-refractivity contribution in [1.82, 2.24) is 0 Å². The van der Waals surface area contributed by atoms with Gasteiger partial charge in [-0.25, -0.2) is 0 Å². The van der Waals surface area contributed by atoms with E-state index in [9.17, 15) is 0 Å². The molecule has 0 aliphatic carbocycles. The third-order valence-electron chi connectivity index (χ3n) is 1.35. The van der Waals surface area contributed by atoms with Gasteiger partial charge in [-0.15, -0.1) is 0 Å². The molecule has 0 nitrogen and oxygen atoms in total. The molecule has 0 saturated carbocycles. The predicted octanol–water partition coefficient (Wildman–Crippen LogP) is 0.185. The van der Waals surface area contributed by atoms with Gasteiger partial charge in [0.25, 0.3) is 0 Å². The fourth-order valence-corrected chi connectivity index (χ4v) is 0.775. The fraction of sp³-hybridized carbons (Fsp3) is 0.875. The molecule has 0 radical (unpaired) electrons. The van der Waals surface area contributed by atoms with E-state index in [1.54, 1.807) is 0 Å². The summed E-state index contributed by atoms with van der Waals surface area (Å²) in [5, 5.41) is 0. The third-order valence-corrected chi connectivity index (χ3v) is 1.35. The van der Waals surface area contributed by atoms with Crippen molar-refractivity contribution in [3.63, 3.8) is 0 Å². The van der Waals surface area contributed by atoms with Crippen LogP contribution in [0, 0.1) is 6.42 Å². The quantitative estimate of drug-likeness (QED) is 0.287. The zero-order valence-corrected chi connectivity index (χ0v) is 9.11. The maximum Gasteiger partial charge on any atom is 1.00 e. The first-order valence-corrected chi connectivity index (χ1v) is 3.69. The van der Waals surface area contributed by atoms with E-state index >= 15 is 0 Å². The molecule has 0 aliphatic heterocycles. The van der Waals surface area contributed by atoms with Crippen molar-refractivity contribution in [2.45, 2.75) is 46.0 Å². The van der Waals surface area contributed by atoms with Crippen molar-refractivity contribution in [2.75, 3.05) is 0 Å². The monoisotopic (exact) mass is 136 g/mol. The molecule has 0 amide bonds. The maximum atomic E-state index is 2.25. The molecule has 0 fully saturated rings. The van der Waals surface area contributed by atoms with E-state index in [2.05, 4.69) is 20.3 Å². The summed E-state index contributed by atoms with van der Waals surface area (Å²) >= 11 is 0. The van der Waals surface area contributed by atoms with Crippen molar-refractivity contribution in [2.24, 2.45) is 0 Å². The van der Waals surface area contributed by atoms with E-state index < -0.39 is 0 Å². The van der Waals surface area contributed by atoms with Gasteiger partial charge in [0.2, 0.25) is 0 Å². The molecule has 0 spiro atoms. The van der Waals surface area contributed by atoms with E-state index in [0.29, 0.717) is 0 Å². The van der Waals surface area contributed by atoms with Crippen molar-refractivity contribution >= 4 is 0 Å². The minimum atomic E-state index is 0. The number of hydrogen-bond acceptors (Lipinski definition) is 0. The molecule has 0 N–H and O–H groups in total. The SMILES string of the molecule is C[CH-]CCCCCC.[Na+]. The summed E-state index contributed by atoms with van der Waals surface area (Å²) in [5.74, 6) is 0. The van der Waals surface area contributed by atoms with Gasteiger partial charge in [-0.05, 0) is 0 Å². The van der Waals surface area contributed by atoms with Crippen LogP contribution in [0.5, 0.6) is 0 Å². The van der Waals surface area contributed by atoms with Crippen LogP contribution in [0.25, 0.3) is 0 Å². The van der Waals surface area contributed by atoms with E-state index in [4.69, 9.17) is 0 Å². The third kappa shape index (κ3) is 12.2. The Labute approximate surface area is 81.7 Å². The summed E-state index contributed by atoms with van der Waals surface area (Å²) in [7, 11) is 0. The molecule has 0 atom stereocenters. The van der Waals surface area contributed by atoms with Crippen LogP contribution in [0.2, 0.25) is 0 Å².